The van der Waals surface area contributed by atoms with Crippen LogP contribution in [-0.2, 0) is 0 Å². The summed E-state index contributed by atoms with van der Waals surface area (Å²) in [6.45, 7) is 1.69. The quantitative estimate of drug-likeness (QED) is 0.836. The van der Waals surface area contributed by atoms with Crippen LogP contribution >= 0.6 is 11.6 Å². The second-order valence-corrected chi connectivity index (χ2v) is 4.95. The summed E-state index contributed by atoms with van der Waals surface area (Å²) in [6.07, 6.45) is 0. The number of benzene rings is 2. The summed E-state index contributed by atoms with van der Waals surface area (Å²) in [6, 6.07) is 12.3. The summed E-state index contributed by atoms with van der Waals surface area (Å²) in [7, 11) is 0. The first-order valence-corrected chi connectivity index (χ1v) is 6.74. The molecule has 0 bridgehead atoms. The fourth-order valence-corrected chi connectivity index (χ4v) is 2.18. The van der Waals surface area contributed by atoms with Crippen molar-refractivity contribution in [3.05, 3.63) is 64.2 Å². The van der Waals surface area contributed by atoms with Crippen LogP contribution < -0.4 is 5.32 Å². The molecule has 2 N–H and O–H groups in total. The molecule has 3 nitrogen and oxygen atoms in total. The summed E-state index contributed by atoms with van der Waals surface area (Å²) in [5.74, 6) is 5.13. The van der Waals surface area contributed by atoms with Gasteiger partial charge in [-0.25, -0.2) is 0 Å². The first-order valence-electron chi connectivity index (χ1n) is 6.37. The Bertz CT molecular complexity index is 709. The van der Waals surface area contributed by atoms with E-state index in [9.17, 15) is 4.79 Å². The molecule has 0 fully saturated rings. The Hall–Kier alpha value is -2.28. The molecule has 0 spiro atoms. The number of anilines is 1. The molecule has 2 aromatic carbocycles. The first-order chi connectivity index (χ1) is 10.1. The zero-order chi connectivity index (χ0) is 15.2. The van der Waals surface area contributed by atoms with E-state index in [0.29, 0.717) is 16.3 Å². The number of rotatable bonds is 2. The number of carbonyl (C=O) groups is 1. The van der Waals surface area contributed by atoms with Crippen LogP contribution in [0.15, 0.2) is 42.5 Å². The van der Waals surface area contributed by atoms with Crippen molar-refractivity contribution in [2.75, 3.05) is 11.9 Å². The van der Waals surface area contributed by atoms with Crippen molar-refractivity contribution in [3.8, 4) is 11.8 Å². The summed E-state index contributed by atoms with van der Waals surface area (Å²) in [4.78, 5) is 12.2. The van der Waals surface area contributed by atoms with Gasteiger partial charge in [0, 0.05) is 21.8 Å². The second kappa shape index (κ2) is 6.94. The molecule has 4 heteroatoms. The molecule has 2 rings (SSSR count). The third-order valence-electron chi connectivity index (χ3n) is 2.74. The monoisotopic (exact) mass is 299 g/mol. The molecule has 21 heavy (non-hydrogen) atoms. The Balaban J connectivity index is 2.19. The van der Waals surface area contributed by atoms with Crippen molar-refractivity contribution in [1.82, 2.24) is 0 Å². The molecular formula is C17H14ClNO2. The van der Waals surface area contributed by atoms with E-state index in [2.05, 4.69) is 17.2 Å². The molecule has 0 atom stereocenters. The van der Waals surface area contributed by atoms with Crippen molar-refractivity contribution in [1.29, 1.82) is 0 Å². The number of aryl methyl sites for hydroxylation is 1. The highest BCUT2D eigenvalue weighted by molar-refractivity contribution is 6.31. The average Bonchev–Trinajstić information content (AvgIpc) is 2.44. The van der Waals surface area contributed by atoms with Gasteiger partial charge in [0.2, 0.25) is 0 Å². The van der Waals surface area contributed by atoms with Crippen LogP contribution in [0.5, 0.6) is 0 Å². The topological polar surface area (TPSA) is 49.3 Å². The van der Waals surface area contributed by atoms with Gasteiger partial charge in [-0.05, 0) is 48.9 Å². The molecule has 0 aliphatic heterocycles. The van der Waals surface area contributed by atoms with E-state index in [1.807, 2.05) is 13.0 Å². The predicted molar refractivity (Wildman–Crippen MR) is 84.5 cm³/mol. The van der Waals surface area contributed by atoms with Crippen molar-refractivity contribution in [2.45, 2.75) is 6.92 Å². The van der Waals surface area contributed by atoms with Gasteiger partial charge in [-0.3, -0.25) is 4.79 Å². The smallest absolute Gasteiger partial charge is 0.255 e. The first kappa shape index (κ1) is 15.1. The van der Waals surface area contributed by atoms with Crippen LogP contribution in [0.4, 0.5) is 5.69 Å². The average molecular weight is 300 g/mol. The van der Waals surface area contributed by atoms with E-state index in [1.165, 1.54) is 0 Å². The molecule has 0 saturated heterocycles. The second-order valence-electron chi connectivity index (χ2n) is 4.51. The maximum Gasteiger partial charge on any atom is 0.255 e. The number of carbonyl (C=O) groups excluding carboxylic acids is 1. The Morgan fingerprint density at radius 1 is 1.29 bits per heavy atom. The van der Waals surface area contributed by atoms with Crippen molar-refractivity contribution < 1.29 is 9.90 Å². The van der Waals surface area contributed by atoms with Gasteiger partial charge in [-0.15, -0.1) is 0 Å². The molecule has 0 unspecified atom stereocenters. The highest BCUT2D eigenvalue weighted by Gasteiger charge is 2.07. The summed E-state index contributed by atoms with van der Waals surface area (Å²) in [5, 5.41) is 12.0. The van der Waals surface area contributed by atoms with E-state index >= 15 is 0 Å². The number of halogens is 1. The maximum atomic E-state index is 12.2. The molecule has 0 aliphatic carbocycles. The van der Waals surface area contributed by atoms with Gasteiger partial charge in [0.15, 0.2) is 0 Å². The molecular weight excluding hydrogens is 286 g/mol. The lowest BCUT2D eigenvalue weighted by Gasteiger charge is -2.07. The van der Waals surface area contributed by atoms with Gasteiger partial charge in [0.05, 0.1) is 0 Å². The maximum absolute atomic E-state index is 12.2. The molecule has 0 aromatic heterocycles. The van der Waals surface area contributed by atoms with Gasteiger partial charge < -0.3 is 10.4 Å². The highest BCUT2D eigenvalue weighted by Crippen LogP contribution is 2.17. The third-order valence-corrected chi connectivity index (χ3v) is 2.95. The van der Waals surface area contributed by atoms with Crippen LogP contribution in [0.25, 0.3) is 0 Å². The SMILES string of the molecule is Cc1cc(Cl)cc(C(=O)Nc2cccc(C#CCO)c2)c1. The van der Waals surface area contributed by atoms with Gasteiger partial charge in [-0.2, -0.15) is 0 Å². The molecule has 106 valence electrons. The lowest BCUT2D eigenvalue weighted by molar-refractivity contribution is 0.102. The van der Waals surface area contributed by atoms with Crippen molar-refractivity contribution in [3.63, 3.8) is 0 Å². The third kappa shape index (κ3) is 4.35. The van der Waals surface area contributed by atoms with Crippen molar-refractivity contribution >= 4 is 23.2 Å². The van der Waals surface area contributed by atoms with E-state index in [0.717, 1.165) is 11.1 Å². The van der Waals surface area contributed by atoms with Gasteiger partial charge in [0.1, 0.15) is 6.61 Å². The minimum Gasteiger partial charge on any atom is -0.384 e. The number of aliphatic hydroxyl groups excluding tert-OH is 1. The fourth-order valence-electron chi connectivity index (χ4n) is 1.89. The van der Waals surface area contributed by atoms with Crippen molar-refractivity contribution in [2.24, 2.45) is 0 Å². The fraction of sp³-hybridized carbons (Fsp3) is 0.118. The minimum atomic E-state index is -0.229. The van der Waals surface area contributed by atoms with Gasteiger partial charge in [0.25, 0.3) is 5.91 Å². The molecule has 1 amide bonds. The Morgan fingerprint density at radius 3 is 2.81 bits per heavy atom. The molecule has 0 heterocycles. The molecule has 0 aliphatic rings. The van der Waals surface area contributed by atoms with E-state index in [-0.39, 0.29) is 12.5 Å². The normalized spacial score (nSPS) is 9.67. The summed E-state index contributed by atoms with van der Waals surface area (Å²) in [5.41, 5.74) is 2.80. The van der Waals surface area contributed by atoms with Crippen LogP contribution in [-0.4, -0.2) is 17.6 Å². The number of hydrogen-bond donors (Lipinski definition) is 2. The number of amides is 1. The number of hydrogen-bond acceptors (Lipinski definition) is 2. The van der Waals surface area contributed by atoms with Crippen LogP contribution in [0.3, 0.4) is 0 Å². The lowest BCUT2D eigenvalue weighted by Crippen LogP contribution is -2.12. The van der Waals surface area contributed by atoms with Crippen LogP contribution in [0.2, 0.25) is 5.02 Å². The Kier molecular flexibility index (Phi) is 4.99. The molecule has 2 aromatic rings. The van der Waals surface area contributed by atoms with E-state index in [4.69, 9.17) is 16.7 Å². The zero-order valence-electron chi connectivity index (χ0n) is 11.5. The number of aliphatic hydroxyl groups is 1. The molecule has 0 radical (unpaired) electrons. The van der Waals surface area contributed by atoms with E-state index < -0.39 is 0 Å². The lowest BCUT2D eigenvalue weighted by atomic mass is 10.1. The number of nitrogens with one attached hydrogen (secondary N) is 1. The Morgan fingerprint density at radius 2 is 2.10 bits per heavy atom. The largest absolute Gasteiger partial charge is 0.384 e. The molecule has 0 saturated carbocycles. The van der Waals surface area contributed by atoms with Gasteiger partial charge >= 0.3 is 0 Å². The summed E-state index contributed by atoms with van der Waals surface area (Å²) >= 11 is 5.96. The van der Waals surface area contributed by atoms with E-state index in [1.54, 1.807) is 36.4 Å². The summed E-state index contributed by atoms with van der Waals surface area (Å²) < 4.78 is 0. The van der Waals surface area contributed by atoms with Gasteiger partial charge in [-0.1, -0.05) is 29.5 Å². The Labute approximate surface area is 128 Å². The van der Waals surface area contributed by atoms with Crippen LogP contribution in [0.1, 0.15) is 21.5 Å². The highest BCUT2D eigenvalue weighted by atomic mass is 35.5. The zero-order valence-corrected chi connectivity index (χ0v) is 12.2. The predicted octanol–water partition coefficient (Wildman–Crippen LogP) is 3.24. The van der Waals surface area contributed by atoms with Crippen LogP contribution in [0, 0.1) is 18.8 Å². The minimum absolute atomic E-state index is 0.196. The standard InChI is InChI=1S/C17H14ClNO2/c1-12-8-14(11-15(18)9-12)17(21)19-16-6-2-4-13(10-16)5-3-7-20/h2,4,6,8-11,20H,7H2,1H3,(H,19,21).